The third-order valence-electron chi connectivity index (χ3n) is 3.41. The molecule has 1 aromatic carbocycles. The maximum Gasteiger partial charge on any atom is 0.228 e. The van der Waals surface area contributed by atoms with Crippen LogP contribution in [0.5, 0.6) is 0 Å². The average Bonchev–Trinajstić information content (AvgIpc) is 3.18. The second-order valence-corrected chi connectivity index (χ2v) is 5.54. The van der Waals surface area contributed by atoms with Gasteiger partial charge in [0.25, 0.3) is 0 Å². The Bertz CT molecular complexity index is 533. The fraction of sp³-hybridized carbons (Fsp3) is 0.467. The van der Waals surface area contributed by atoms with Gasteiger partial charge in [-0.05, 0) is 38.7 Å². The van der Waals surface area contributed by atoms with Crippen molar-refractivity contribution in [3.05, 3.63) is 30.1 Å². The Labute approximate surface area is 123 Å². The van der Waals surface area contributed by atoms with Gasteiger partial charge in [-0.1, -0.05) is 6.07 Å². The van der Waals surface area contributed by atoms with E-state index in [4.69, 9.17) is 0 Å². The molecule has 1 aromatic rings. The highest BCUT2D eigenvalue weighted by Gasteiger charge is 2.47. The molecule has 0 radical (unpaired) electrons. The Morgan fingerprint density at radius 3 is 2.67 bits per heavy atom. The molecule has 0 aromatic heterocycles. The number of hydrogen-bond acceptors (Lipinski definition) is 3. The molecule has 5 nitrogen and oxygen atoms in total. The van der Waals surface area contributed by atoms with Crippen LogP contribution in [0, 0.1) is 17.7 Å². The van der Waals surface area contributed by atoms with Gasteiger partial charge < -0.3 is 15.5 Å². The molecule has 6 heteroatoms. The molecule has 2 rings (SSSR count). The lowest BCUT2D eigenvalue weighted by Crippen LogP contribution is -2.33. The topological polar surface area (TPSA) is 61.4 Å². The quantitative estimate of drug-likeness (QED) is 0.825. The van der Waals surface area contributed by atoms with Crippen molar-refractivity contribution in [2.75, 3.05) is 32.5 Å². The van der Waals surface area contributed by atoms with E-state index in [9.17, 15) is 14.0 Å². The molecule has 0 aliphatic heterocycles. The van der Waals surface area contributed by atoms with Crippen LogP contribution >= 0.6 is 0 Å². The molecule has 2 amide bonds. The van der Waals surface area contributed by atoms with Gasteiger partial charge in [-0.3, -0.25) is 9.59 Å². The van der Waals surface area contributed by atoms with Gasteiger partial charge in [-0.15, -0.1) is 0 Å². The zero-order chi connectivity index (χ0) is 15.4. The van der Waals surface area contributed by atoms with Crippen LogP contribution in [0.4, 0.5) is 10.1 Å². The molecule has 0 saturated heterocycles. The molecule has 114 valence electrons. The van der Waals surface area contributed by atoms with Crippen molar-refractivity contribution >= 4 is 17.5 Å². The third-order valence-corrected chi connectivity index (χ3v) is 3.41. The maximum absolute atomic E-state index is 13.0. The molecule has 1 fully saturated rings. The predicted octanol–water partition coefficient (Wildman–Crippen LogP) is 1.08. The van der Waals surface area contributed by atoms with E-state index in [1.165, 1.54) is 18.2 Å². The SMILES string of the molecule is CN(C)CCNC(=O)C1CC1C(=O)Nc1cccc(F)c1. The number of nitrogens with zero attached hydrogens (tertiary/aromatic N) is 1. The zero-order valence-electron chi connectivity index (χ0n) is 12.2. The smallest absolute Gasteiger partial charge is 0.228 e. The van der Waals surface area contributed by atoms with E-state index in [-0.39, 0.29) is 23.7 Å². The molecule has 1 saturated carbocycles. The van der Waals surface area contributed by atoms with Gasteiger partial charge in [-0.25, -0.2) is 4.39 Å². The average molecular weight is 293 g/mol. The number of benzene rings is 1. The molecule has 21 heavy (non-hydrogen) atoms. The predicted molar refractivity (Wildman–Crippen MR) is 78.2 cm³/mol. The standard InChI is InChI=1S/C15H20FN3O2/c1-19(2)7-6-17-14(20)12-9-13(12)15(21)18-11-5-3-4-10(16)8-11/h3-5,8,12-13H,6-7,9H2,1-2H3,(H,17,20)(H,18,21). The van der Waals surface area contributed by atoms with E-state index < -0.39 is 5.82 Å². The van der Waals surface area contributed by atoms with Gasteiger partial charge in [0.05, 0.1) is 11.8 Å². The Morgan fingerprint density at radius 1 is 1.29 bits per heavy atom. The summed E-state index contributed by atoms with van der Waals surface area (Å²) in [6, 6.07) is 5.72. The van der Waals surface area contributed by atoms with Crippen molar-refractivity contribution < 1.29 is 14.0 Å². The minimum absolute atomic E-state index is 0.0868. The number of likely N-dealkylation sites (N-methyl/N-ethyl adjacent to an activating group) is 1. The van der Waals surface area contributed by atoms with E-state index in [1.807, 2.05) is 19.0 Å². The number of nitrogens with one attached hydrogen (secondary N) is 2. The summed E-state index contributed by atoms with van der Waals surface area (Å²) >= 11 is 0. The number of hydrogen-bond donors (Lipinski definition) is 2. The Kier molecular flexibility index (Phi) is 4.90. The highest BCUT2D eigenvalue weighted by Crippen LogP contribution is 2.39. The lowest BCUT2D eigenvalue weighted by atomic mass is 10.2. The Balaban J connectivity index is 1.77. The lowest BCUT2D eigenvalue weighted by molar-refractivity contribution is -0.125. The maximum atomic E-state index is 13.0. The van der Waals surface area contributed by atoms with Crippen LogP contribution in [0.2, 0.25) is 0 Å². The van der Waals surface area contributed by atoms with Gasteiger partial charge in [0.2, 0.25) is 11.8 Å². The van der Waals surface area contributed by atoms with Crippen LogP contribution in [0.3, 0.4) is 0 Å². The van der Waals surface area contributed by atoms with Crippen LogP contribution < -0.4 is 10.6 Å². The summed E-state index contributed by atoms with van der Waals surface area (Å²) in [5.41, 5.74) is 0.415. The summed E-state index contributed by atoms with van der Waals surface area (Å²) in [4.78, 5) is 25.8. The van der Waals surface area contributed by atoms with Crippen LogP contribution in [0.25, 0.3) is 0 Å². The van der Waals surface area contributed by atoms with Crippen LogP contribution in [0.15, 0.2) is 24.3 Å². The third kappa shape index (κ3) is 4.53. The molecule has 1 aliphatic rings. The summed E-state index contributed by atoms with van der Waals surface area (Å²) in [6.07, 6.45) is 0.551. The Hall–Kier alpha value is -1.95. The van der Waals surface area contributed by atoms with Crippen LogP contribution in [-0.4, -0.2) is 43.9 Å². The van der Waals surface area contributed by atoms with Crippen LogP contribution in [0.1, 0.15) is 6.42 Å². The fourth-order valence-corrected chi connectivity index (χ4v) is 2.11. The number of amides is 2. The van der Waals surface area contributed by atoms with E-state index in [1.54, 1.807) is 6.07 Å². The number of carbonyl (C=O) groups is 2. The van der Waals surface area contributed by atoms with Crippen molar-refractivity contribution in [1.29, 1.82) is 0 Å². The molecule has 0 spiro atoms. The first-order valence-corrected chi connectivity index (χ1v) is 6.96. The number of carbonyl (C=O) groups excluding carboxylic acids is 2. The van der Waals surface area contributed by atoms with E-state index >= 15 is 0 Å². The fourth-order valence-electron chi connectivity index (χ4n) is 2.11. The van der Waals surface area contributed by atoms with Crippen molar-refractivity contribution in [1.82, 2.24) is 10.2 Å². The van der Waals surface area contributed by atoms with Gasteiger partial charge in [-0.2, -0.15) is 0 Å². The Morgan fingerprint density at radius 2 is 2.00 bits per heavy atom. The van der Waals surface area contributed by atoms with E-state index in [2.05, 4.69) is 10.6 Å². The molecule has 0 heterocycles. The first-order chi connectivity index (χ1) is 9.97. The van der Waals surface area contributed by atoms with Crippen molar-refractivity contribution in [3.8, 4) is 0 Å². The molecule has 2 N–H and O–H groups in total. The summed E-state index contributed by atoms with van der Waals surface area (Å²) in [5.74, 6) is -1.29. The normalized spacial score (nSPS) is 20.2. The molecular weight excluding hydrogens is 273 g/mol. The summed E-state index contributed by atoms with van der Waals surface area (Å²) in [6.45, 7) is 1.33. The molecular formula is C15H20FN3O2. The van der Waals surface area contributed by atoms with Crippen molar-refractivity contribution in [2.45, 2.75) is 6.42 Å². The summed E-state index contributed by atoms with van der Waals surface area (Å²) in [5, 5.41) is 5.45. The zero-order valence-corrected chi connectivity index (χ0v) is 12.2. The summed E-state index contributed by atoms with van der Waals surface area (Å²) < 4.78 is 13.0. The molecule has 1 aliphatic carbocycles. The summed E-state index contributed by atoms with van der Waals surface area (Å²) in [7, 11) is 3.86. The van der Waals surface area contributed by atoms with E-state index in [0.717, 1.165) is 6.54 Å². The first-order valence-electron chi connectivity index (χ1n) is 6.96. The molecule has 2 atom stereocenters. The van der Waals surface area contributed by atoms with Crippen LogP contribution in [-0.2, 0) is 9.59 Å². The number of rotatable bonds is 6. The second kappa shape index (κ2) is 6.67. The number of anilines is 1. The minimum atomic E-state index is -0.401. The van der Waals surface area contributed by atoms with Gasteiger partial charge in [0.15, 0.2) is 0 Å². The molecule has 0 bridgehead atoms. The molecule has 2 unspecified atom stereocenters. The minimum Gasteiger partial charge on any atom is -0.355 e. The first kappa shape index (κ1) is 15.4. The monoisotopic (exact) mass is 293 g/mol. The van der Waals surface area contributed by atoms with Crippen molar-refractivity contribution in [3.63, 3.8) is 0 Å². The number of halogens is 1. The largest absolute Gasteiger partial charge is 0.355 e. The highest BCUT2D eigenvalue weighted by molar-refractivity contribution is 5.99. The van der Waals surface area contributed by atoms with Crippen molar-refractivity contribution in [2.24, 2.45) is 11.8 Å². The second-order valence-electron chi connectivity index (χ2n) is 5.54. The van der Waals surface area contributed by atoms with Gasteiger partial charge >= 0.3 is 0 Å². The van der Waals surface area contributed by atoms with Gasteiger partial charge in [0, 0.05) is 18.8 Å². The van der Waals surface area contributed by atoms with E-state index in [0.29, 0.717) is 18.7 Å². The highest BCUT2D eigenvalue weighted by atomic mass is 19.1. The lowest BCUT2D eigenvalue weighted by Gasteiger charge is -2.10. The van der Waals surface area contributed by atoms with Gasteiger partial charge in [0.1, 0.15) is 5.82 Å².